The fraction of sp³-hybridized carbons (Fsp3) is 0.133. The number of amides is 1. The van der Waals surface area contributed by atoms with E-state index in [-0.39, 0.29) is 19.1 Å². The number of rotatable bonds is 5. The summed E-state index contributed by atoms with van der Waals surface area (Å²) in [5.41, 5.74) is 1.27. The second-order valence-corrected chi connectivity index (χ2v) is 5.02. The van der Waals surface area contributed by atoms with Gasteiger partial charge in [0.05, 0.1) is 6.61 Å². The third-order valence-corrected chi connectivity index (χ3v) is 3.17. The van der Waals surface area contributed by atoms with E-state index >= 15 is 0 Å². The number of carbonyl (C=O) groups excluding carboxylic acids is 1. The summed E-state index contributed by atoms with van der Waals surface area (Å²) in [5.74, 6) is 0.354. The summed E-state index contributed by atoms with van der Waals surface area (Å²) in [4.78, 5) is 11.8. The quantitative estimate of drug-likeness (QED) is 0.883. The fourth-order valence-electron chi connectivity index (χ4n) is 1.65. The highest BCUT2D eigenvalue weighted by Crippen LogP contribution is 2.17. The summed E-state index contributed by atoms with van der Waals surface area (Å²) in [6, 6.07) is 14.3. The smallest absolute Gasteiger partial charge is 0.262 e. The molecule has 2 aromatic carbocycles. The average molecular weight is 336 g/mol. The van der Waals surface area contributed by atoms with Crippen LogP contribution in [0.2, 0.25) is 0 Å². The summed E-state index contributed by atoms with van der Waals surface area (Å²) in [6.45, 7) is -0.203. The van der Waals surface area contributed by atoms with E-state index in [0.717, 1.165) is 4.47 Å². The Morgan fingerprint density at radius 3 is 2.55 bits per heavy atom. The van der Waals surface area contributed by atoms with Crippen LogP contribution in [0.15, 0.2) is 53.0 Å². The number of benzene rings is 2. The molecular weight excluding hydrogens is 322 g/mol. The first kappa shape index (κ1) is 14.6. The maximum Gasteiger partial charge on any atom is 0.262 e. The van der Waals surface area contributed by atoms with Crippen molar-refractivity contribution in [1.82, 2.24) is 0 Å². The first-order valence-electron chi connectivity index (χ1n) is 6.06. The lowest BCUT2D eigenvalue weighted by atomic mass is 10.2. The van der Waals surface area contributed by atoms with Crippen molar-refractivity contribution < 1.29 is 14.6 Å². The van der Waals surface area contributed by atoms with Crippen LogP contribution in [0.1, 0.15) is 5.56 Å². The van der Waals surface area contributed by atoms with E-state index in [1.807, 2.05) is 12.1 Å². The van der Waals surface area contributed by atoms with Crippen LogP contribution in [0.25, 0.3) is 0 Å². The van der Waals surface area contributed by atoms with Crippen LogP contribution < -0.4 is 10.1 Å². The fourth-order valence-corrected chi connectivity index (χ4v) is 1.91. The van der Waals surface area contributed by atoms with Gasteiger partial charge in [0, 0.05) is 15.7 Å². The molecule has 0 fully saturated rings. The van der Waals surface area contributed by atoms with E-state index in [2.05, 4.69) is 21.2 Å². The number of aliphatic hydroxyl groups is 1. The Kier molecular flexibility index (Phi) is 5.15. The zero-order valence-electron chi connectivity index (χ0n) is 10.7. The number of para-hydroxylation sites is 1. The third-order valence-electron chi connectivity index (χ3n) is 2.65. The van der Waals surface area contributed by atoms with Crippen molar-refractivity contribution >= 4 is 27.5 Å². The number of carbonyl (C=O) groups is 1. The summed E-state index contributed by atoms with van der Waals surface area (Å²) in [7, 11) is 0. The van der Waals surface area contributed by atoms with E-state index < -0.39 is 0 Å². The third kappa shape index (κ3) is 4.08. The maximum absolute atomic E-state index is 11.8. The maximum atomic E-state index is 11.8. The van der Waals surface area contributed by atoms with Crippen molar-refractivity contribution in [2.24, 2.45) is 0 Å². The zero-order chi connectivity index (χ0) is 14.4. The van der Waals surface area contributed by atoms with Crippen LogP contribution in [-0.2, 0) is 11.4 Å². The second-order valence-electron chi connectivity index (χ2n) is 4.11. The van der Waals surface area contributed by atoms with Gasteiger partial charge in [-0.2, -0.15) is 0 Å². The van der Waals surface area contributed by atoms with Gasteiger partial charge in [0.25, 0.3) is 5.91 Å². The molecule has 104 valence electrons. The van der Waals surface area contributed by atoms with Crippen LogP contribution in [0.5, 0.6) is 5.75 Å². The molecule has 0 aromatic heterocycles. The van der Waals surface area contributed by atoms with E-state index in [1.54, 1.807) is 36.4 Å². The number of aliphatic hydroxyl groups excluding tert-OH is 1. The number of anilines is 1. The lowest BCUT2D eigenvalue weighted by molar-refractivity contribution is -0.118. The summed E-state index contributed by atoms with van der Waals surface area (Å²) in [5, 5.41) is 11.9. The van der Waals surface area contributed by atoms with Gasteiger partial charge in [-0.25, -0.2) is 0 Å². The van der Waals surface area contributed by atoms with Crippen molar-refractivity contribution in [2.75, 3.05) is 11.9 Å². The highest BCUT2D eigenvalue weighted by molar-refractivity contribution is 9.10. The van der Waals surface area contributed by atoms with Gasteiger partial charge in [0.1, 0.15) is 5.75 Å². The second kappa shape index (κ2) is 7.07. The van der Waals surface area contributed by atoms with Crippen LogP contribution in [0.4, 0.5) is 5.69 Å². The van der Waals surface area contributed by atoms with Crippen LogP contribution in [-0.4, -0.2) is 17.6 Å². The van der Waals surface area contributed by atoms with Crippen molar-refractivity contribution in [2.45, 2.75) is 6.61 Å². The number of halogens is 1. The number of hydrogen-bond acceptors (Lipinski definition) is 3. The van der Waals surface area contributed by atoms with Gasteiger partial charge >= 0.3 is 0 Å². The first-order valence-corrected chi connectivity index (χ1v) is 6.85. The Labute approximate surface area is 125 Å². The molecule has 20 heavy (non-hydrogen) atoms. The normalized spacial score (nSPS) is 10.1. The van der Waals surface area contributed by atoms with Crippen molar-refractivity contribution in [1.29, 1.82) is 0 Å². The Morgan fingerprint density at radius 2 is 1.85 bits per heavy atom. The molecule has 5 heteroatoms. The SMILES string of the molecule is O=C(COc1ccc(Br)cc1)Nc1ccccc1CO. The Hall–Kier alpha value is -1.85. The van der Waals surface area contributed by atoms with Crippen LogP contribution in [0.3, 0.4) is 0 Å². The predicted molar refractivity (Wildman–Crippen MR) is 80.6 cm³/mol. The molecule has 0 atom stereocenters. The molecule has 1 amide bonds. The summed E-state index contributed by atoms with van der Waals surface area (Å²) >= 11 is 3.33. The van der Waals surface area contributed by atoms with Crippen molar-refractivity contribution in [3.8, 4) is 5.75 Å². The molecule has 0 aliphatic rings. The molecule has 0 aliphatic carbocycles. The molecule has 2 N–H and O–H groups in total. The molecule has 0 spiro atoms. The topological polar surface area (TPSA) is 58.6 Å². The molecule has 2 aromatic rings. The number of nitrogens with one attached hydrogen (secondary N) is 1. The Bertz CT molecular complexity index is 584. The minimum atomic E-state index is -0.270. The van der Waals surface area contributed by atoms with Crippen molar-refractivity contribution in [3.05, 3.63) is 58.6 Å². The van der Waals surface area contributed by atoms with Gasteiger partial charge in [0.2, 0.25) is 0 Å². The van der Waals surface area contributed by atoms with E-state index in [1.165, 1.54) is 0 Å². The average Bonchev–Trinajstić information content (AvgIpc) is 2.47. The summed E-state index contributed by atoms with van der Waals surface area (Å²) in [6.07, 6.45) is 0. The molecule has 0 heterocycles. The Balaban J connectivity index is 1.91. The monoisotopic (exact) mass is 335 g/mol. The number of hydrogen-bond donors (Lipinski definition) is 2. The predicted octanol–water partition coefficient (Wildman–Crippen LogP) is 2.96. The number of ether oxygens (including phenoxy) is 1. The Morgan fingerprint density at radius 1 is 1.15 bits per heavy atom. The summed E-state index contributed by atoms with van der Waals surface area (Å²) < 4.78 is 6.32. The minimum Gasteiger partial charge on any atom is -0.484 e. The lowest BCUT2D eigenvalue weighted by Crippen LogP contribution is -2.20. The van der Waals surface area contributed by atoms with Crippen LogP contribution in [0, 0.1) is 0 Å². The highest BCUT2D eigenvalue weighted by atomic mass is 79.9. The van der Waals surface area contributed by atoms with E-state index in [0.29, 0.717) is 17.0 Å². The van der Waals surface area contributed by atoms with Gasteiger partial charge in [0.15, 0.2) is 6.61 Å². The highest BCUT2D eigenvalue weighted by Gasteiger charge is 2.06. The molecule has 0 saturated carbocycles. The molecular formula is C15H14BrNO3. The molecule has 0 radical (unpaired) electrons. The largest absolute Gasteiger partial charge is 0.484 e. The molecule has 0 saturated heterocycles. The molecule has 2 rings (SSSR count). The van der Waals surface area contributed by atoms with E-state index in [9.17, 15) is 9.90 Å². The van der Waals surface area contributed by atoms with Crippen molar-refractivity contribution in [3.63, 3.8) is 0 Å². The molecule has 4 nitrogen and oxygen atoms in total. The molecule has 0 unspecified atom stereocenters. The van der Waals surface area contributed by atoms with Gasteiger partial charge in [-0.15, -0.1) is 0 Å². The molecule has 0 bridgehead atoms. The van der Waals surface area contributed by atoms with Gasteiger partial charge < -0.3 is 15.2 Å². The standard InChI is InChI=1S/C15H14BrNO3/c16-12-5-7-13(8-6-12)20-10-15(19)17-14-4-2-1-3-11(14)9-18/h1-8,18H,9-10H2,(H,17,19). The first-order chi connectivity index (χ1) is 9.69. The van der Waals surface area contributed by atoms with E-state index in [4.69, 9.17) is 4.74 Å². The molecule has 0 aliphatic heterocycles. The van der Waals surface area contributed by atoms with Gasteiger partial charge in [-0.05, 0) is 30.3 Å². The van der Waals surface area contributed by atoms with Gasteiger partial charge in [-0.1, -0.05) is 34.1 Å². The van der Waals surface area contributed by atoms with Gasteiger partial charge in [-0.3, -0.25) is 4.79 Å². The zero-order valence-corrected chi connectivity index (χ0v) is 12.3. The lowest BCUT2D eigenvalue weighted by Gasteiger charge is -2.10. The van der Waals surface area contributed by atoms with Crippen LogP contribution >= 0.6 is 15.9 Å². The minimum absolute atomic E-state index is 0.0819.